The summed E-state index contributed by atoms with van der Waals surface area (Å²) in [6.07, 6.45) is 0. The van der Waals surface area contributed by atoms with Gasteiger partial charge in [0.15, 0.2) is 0 Å². The predicted octanol–water partition coefficient (Wildman–Crippen LogP) is 2.23. The van der Waals surface area contributed by atoms with Gasteiger partial charge in [-0.1, -0.05) is 12.1 Å². The Morgan fingerprint density at radius 3 is 2.93 bits per heavy atom. The van der Waals surface area contributed by atoms with Crippen LogP contribution in [-0.2, 0) is 0 Å². The maximum Gasteiger partial charge on any atom is 0.252 e. The van der Waals surface area contributed by atoms with E-state index in [9.17, 15) is 4.79 Å². The molecule has 0 atom stereocenters. The van der Waals surface area contributed by atoms with Crippen molar-refractivity contribution in [3.63, 3.8) is 0 Å². The molecular weight excluding hydrogens is 232 g/mol. The quantitative estimate of drug-likeness (QED) is 0.499. The van der Waals surface area contributed by atoms with Crippen LogP contribution in [0.25, 0.3) is 0 Å². The molecule has 3 nitrogen and oxygen atoms in total. The van der Waals surface area contributed by atoms with E-state index >= 15 is 0 Å². The van der Waals surface area contributed by atoms with Crippen LogP contribution in [0.1, 0.15) is 10.4 Å². The summed E-state index contributed by atoms with van der Waals surface area (Å²) < 4.78 is 0. The van der Waals surface area contributed by atoms with E-state index in [0.717, 1.165) is 11.8 Å². The first-order valence-corrected chi connectivity index (χ1v) is 5.64. The summed E-state index contributed by atoms with van der Waals surface area (Å²) in [5.41, 5.74) is 0.508. The summed E-state index contributed by atoms with van der Waals surface area (Å²) in [5.74, 6) is 0.174. The highest BCUT2D eigenvalue weighted by Gasteiger charge is 2.09. The van der Waals surface area contributed by atoms with E-state index in [-0.39, 0.29) is 5.91 Å². The van der Waals surface area contributed by atoms with Crippen LogP contribution in [0.2, 0.25) is 0 Å². The molecule has 0 heterocycles. The number of nitrogens with zero attached hydrogens (tertiary/aromatic N) is 1. The Hall–Kier alpha value is -1.18. The first kappa shape index (κ1) is 11.9. The molecule has 0 aromatic heterocycles. The minimum absolute atomic E-state index is 0.200. The van der Waals surface area contributed by atoms with Gasteiger partial charge in [-0.25, -0.2) is 0 Å². The van der Waals surface area contributed by atoms with E-state index in [1.807, 2.05) is 5.40 Å². The second-order valence-corrected chi connectivity index (χ2v) is 3.84. The molecular formula is C10H9ClN2OS. The number of halogens is 1. The molecule has 1 rings (SSSR count). The molecule has 0 saturated carbocycles. The zero-order chi connectivity index (χ0) is 11.1. The van der Waals surface area contributed by atoms with Crippen molar-refractivity contribution in [3.05, 3.63) is 29.8 Å². The number of alkyl halides is 1. The lowest BCUT2D eigenvalue weighted by molar-refractivity contribution is 0.0953. The summed E-state index contributed by atoms with van der Waals surface area (Å²) >= 11 is 6.44. The smallest absolute Gasteiger partial charge is 0.252 e. The monoisotopic (exact) mass is 240 g/mol. The topological polar surface area (TPSA) is 52.9 Å². The number of amides is 1. The SMILES string of the molecule is N#CSc1ccccc1C(=O)NCCCl. The van der Waals surface area contributed by atoms with Gasteiger partial charge in [0.05, 0.1) is 5.56 Å². The Kier molecular flexibility index (Phi) is 5.02. The van der Waals surface area contributed by atoms with Gasteiger partial charge in [0, 0.05) is 17.3 Å². The van der Waals surface area contributed by atoms with E-state index in [2.05, 4.69) is 5.32 Å². The van der Waals surface area contributed by atoms with Gasteiger partial charge >= 0.3 is 0 Å². The van der Waals surface area contributed by atoms with Crippen molar-refractivity contribution in [1.82, 2.24) is 5.32 Å². The first-order chi connectivity index (χ1) is 7.29. The Balaban J connectivity index is 2.83. The Labute approximate surface area is 97.4 Å². The molecule has 0 radical (unpaired) electrons. The third-order valence-corrected chi connectivity index (χ3v) is 2.52. The fraction of sp³-hybridized carbons (Fsp3) is 0.200. The fourth-order valence-electron chi connectivity index (χ4n) is 1.05. The molecule has 1 N–H and O–H groups in total. The van der Waals surface area contributed by atoms with Gasteiger partial charge < -0.3 is 5.32 Å². The average molecular weight is 241 g/mol. The average Bonchev–Trinajstić information content (AvgIpc) is 2.27. The Morgan fingerprint density at radius 1 is 1.53 bits per heavy atom. The number of thiocyanates is 1. The minimum Gasteiger partial charge on any atom is -0.351 e. The second kappa shape index (κ2) is 6.33. The number of carbonyl (C=O) groups is 1. The maximum atomic E-state index is 11.6. The zero-order valence-electron chi connectivity index (χ0n) is 7.87. The van der Waals surface area contributed by atoms with Crippen LogP contribution in [0.5, 0.6) is 0 Å². The van der Waals surface area contributed by atoms with Gasteiger partial charge in [-0.3, -0.25) is 4.79 Å². The lowest BCUT2D eigenvalue weighted by atomic mass is 10.2. The summed E-state index contributed by atoms with van der Waals surface area (Å²) in [6.45, 7) is 0.423. The van der Waals surface area contributed by atoms with Gasteiger partial charge in [-0.05, 0) is 23.9 Å². The molecule has 0 aliphatic carbocycles. The summed E-state index contributed by atoms with van der Waals surface area (Å²) in [7, 11) is 0. The third kappa shape index (κ3) is 3.46. The molecule has 0 saturated heterocycles. The van der Waals surface area contributed by atoms with Crippen LogP contribution in [0.3, 0.4) is 0 Å². The molecule has 1 aromatic rings. The molecule has 1 aromatic carbocycles. The second-order valence-electron chi connectivity index (χ2n) is 2.63. The van der Waals surface area contributed by atoms with Gasteiger partial charge in [0.2, 0.25) is 0 Å². The number of hydrogen-bond acceptors (Lipinski definition) is 3. The van der Waals surface area contributed by atoms with Crippen LogP contribution in [0.4, 0.5) is 0 Å². The molecule has 0 unspecified atom stereocenters. The molecule has 0 spiro atoms. The highest BCUT2D eigenvalue weighted by atomic mass is 35.5. The summed E-state index contributed by atoms with van der Waals surface area (Å²) in [5, 5.41) is 13.2. The van der Waals surface area contributed by atoms with Gasteiger partial charge in [-0.2, -0.15) is 5.26 Å². The summed E-state index contributed by atoms with van der Waals surface area (Å²) in [4.78, 5) is 12.3. The third-order valence-electron chi connectivity index (χ3n) is 1.67. The minimum atomic E-state index is -0.200. The van der Waals surface area contributed by atoms with Crippen LogP contribution < -0.4 is 5.32 Å². The molecule has 0 fully saturated rings. The molecule has 0 bridgehead atoms. The fourth-order valence-corrected chi connectivity index (χ4v) is 1.66. The predicted molar refractivity (Wildman–Crippen MR) is 61.0 cm³/mol. The van der Waals surface area contributed by atoms with Crippen LogP contribution >= 0.6 is 23.4 Å². The molecule has 78 valence electrons. The highest BCUT2D eigenvalue weighted by molar-refractivity contribution is 8.03. The molecule has 0 aliphatic heterocycles. The molecule has 15 heavy (non-hydrogen) atoms. The normalized spacial score (nSPS) is 9.33. The number of carbonyl (C=O) groups excluding carboxylic acids is 1. The Bertz CT molecular complexity index is 389. The van der Waals surface area contributed by atoms with E-state index in [1.165, 1.54) is 0 Å². The number of rotatable bonds is 4. The first-order valence-electron chi connectivity index (χ1n) is 4.28. The largest absolute Gasteiger partial charge is 0.351 e. The standard InChI is InChI=1S/C10H9ClN2OS/c11-5-6-13-10(14)8-3-1-2-4-9(8)15-7-12/h1-4H,5-6H2,(H,13,14). The molecule has 5 heteroatoms. The van der Waals surface area contributed by atoms with Gasteiger partial charge in [0.25, 0.3) is 5.91 Å². The lowest BCUT2D eigenvalue weighted by Crippen LogP contribution is -2.25. The van der Waals surface area contributed by atoms with Gasteiger partial charge in [-0.15, -0.1) is 11.6 Å². The maximum absolute atomic E-state index is 11.6. The van der Waals surface area contributed by atoms with E-state index in [1.54, 1.807) is 24.3 Å². The van der Waals surface area contributed by atoms with Crippen molar-refractivity contribution >= 4 is 29.3 Å². The van der Waals surface area contributed by atoms with Crippen molar-refractivity contribution < 1.29 is 4.79 Å². The number of benzene rings is 1. The molecule has 0 aliphatic rings. The van der Waals surface area contributed by atoms with Crippen LogP contribution in [0, 0.1) is 10.7 Å². The number of thioether (sulfide) groups is 1. The number of nitriles is 1. The molecule has 1 amide bonds. The van der Waals surface area contributed by atoms with Crippen molar-refractivity contribution in [2.45, 2.75) is 4.90 Å². The van der Waals surface area contributed by atoms with Gasteiger partial charge in [0.1, 0.15) is 5.40 Å². The van der Waals surface area contributed by atoms with Crippen molar-refractivity contribution in [2.75, 3.05) is 12.4 Å². The van der Waals surface area contributed by atoms with E-state index in [0.29, 0.717) is 22.9 Å². The lowest BCUT2D eigenvalue weighted by Gasteiger charge is -2.05. The Morgan fingerprint density at radius 2 is 2.27 bits per heavy atom. The van der Waals surface area contributed by atoms with E-state index in [4.69, 9.17) is 16.9 Å². The number of hydrogen-bond donors (Lipinski definition) is 1. The van der Waals surface area contributed by atoms with E-state index < -0.39 is 0 Å². The van der Waals surface area contributed by atoms with Crippen LogP contribution in [-0.4, -0.2) is 18.3 Å². The zero-order valence-corrected chi connectivity index (χ0v) is 9.44. The van der Waals surface area contributed by atoms with Crippen LogP contribution in [0.15, 0.2) is 29.2 Å². The van der Waals surface area contributed by atoms with Crippen molar-refractivity contribution in [2.24, 2.45) is 0 Å². The van der Waals surface area contributed by atoms with Crippen molar-refractivity contribution in [1.29, 1.82) is 5.26 Å². The van der Waals surface area contributed by atoms with Crippen molar-refractivity contribution in [3.8, 4) is 5.40 Å². The number of nitrogens with one attached hydrogen (secondary N) is 1. The highest BCUT2D eigenvalue weighted by Crippen LogP contribution is 2.21. The summed E-state index contributed by atoms with van der Waals surface area (Å²) in [6, 6.07) is 6.97.